The molecule has 0 aliphatic rings. The van der Waals surface area contributed by atoms with E-state index in [0.29, 0.717) is 0 Å². The molecule has 3 nitrogen and oxygen atoms in total. The maximum Gasteiger partial charge on any atom is 0.300 e. The highest BCUT2D eigenvalue weighted by atomic mass is 15.1. The molecule has 0 saturated carbocycles. The summed E-state index contributed by atoms with van der Waals surface area (Å²) < 4.78 is 4.71. The second-order valence-electron chi connectivity index (χ2n) is 9.96. The second kappa shape index (κ2) is 7.77. The molecular formula is C30H31N3+2. The Morgan fingerprint density at radius 3 is 1.91 bits per heavy atom. The van der Waals surface area contributed by atoms with Gasteiger partial charge in [-0.3, -0.25) is 0 Å². The third-order valence-electron chi connectivity index (χ3n) is 6.63. The van der Waals surface area contributed by atoms with E-state index in [1.54, 1.807) is 0 Å². The van der Waals surface area contributed by atoms with Crippen LogP contribution in [0.2, 0.25) is 0 Å². The average molecular weight is 434 g/mol. The first kappa shape index (κ1) is 21.3. The molecule has 0 amide bonds. The van der Waals surface area contributed by atoms with Crippen molar-refractivity contribution in [3.8, 4) is 11.4 Å². The Hall–Kier alpha value is -3.59. The molecule has 0 unspecified atom stereocenters. The molecule has 0 bridgehead atoms. The summed E-state index contributed by atoms with van der Waals surface area (Å²) in [6, 6.07) is 26.2. The van der Waals surface area contributed by atoms with Crippen LogP contribution in [-0.2, 0) is 5.41 Å². The van der Waals surface area contributed by atoms with Gasteiger partial charge in [0.05, 0.1) is 10.9 Å². The topological polar surface area (TPSA) is 20.6 Å². The van der Waals surface area contributed by atoms with Crippen molar-refractivity contribution in [2.75, 3.05) is 0 Å². The van der Waals surface area contributed by atoms with E-state index in [-0.39, 0.29) is 5.41 Å². The minimum Gasteiger partial charge on any atom is -0.192 e. The Kier molecular flexibility index (Phi) is 5.01. The number of aryl methyl sites for hydroxylation is 2. The molecule has 164 valence electrons. The summed E-state index contributed by atoms with van der Waals surface area (Å²) in [6.45, 7) is 13.4. The molecule has 5 aromatic rings. The van der Waals surface area contributed by atoms with Crippen molar-refractivity contribution >= 4 is 21.8 Å². The molecular weight excluding hydrogens is 402 g/mol. The van der Waals surface area contributed by atoms with Crippen LogP contribution in [-0.4, -0.2) is 4.98 Å². The van der Waals surface area contributed by atoms with Crippen LogP contribution in [0.5, 0.6) is 0 Å². The molecule has 3 aromatic carbocycles. The van der Waals surface area contributed by atoms with Gasteiger partial charge in [-0.05, 0) is 48.2 Å². The second-order valence-corrected chi connectivity index (χ2v) is 9.96. The number of aromatic nitrogens is 3. The quantitative estimate of drug-likeness (QED) is 0.305. The van der Waals surface area contributed by atoms with E-state index < -0.39 is 0 Å². The largest absolute Gasteiger partial charge is 0.300 e. The molecule has 33 heavy (non-hydrogen) atoms. The molecule has 2 heterocycles. The van der Waals surface area contributed by atoms with Gasteiger partial charge in [-0.2, -0.15) is 9.13 Å². The summed E-state index contributed by atoms with van der Waals surface area (Å²) in [5, 5.41) is 2.38. The first-order valence-corrected chi connectivity index (χ1v) is 11.6. The molecule has 0 fully saturated rings. The van der Waals surface area contributed by atoms with Crippen LogP contribution in [0.4, 0.5) is 0 Å². The first-order valence-electron chi connectivity index (χ1n) is 11.6. The van der Waals surface area contributed by atoms with Crippen LogP contribution in [0.3, 0.4) is 0 Å². The van der Waals surface area contributed by atoms with Crippen LogP contribution in [0.25, 0.3) is 33.2 Å². The van der Waals surface area contributed by atoms with E-state index >= 15 is 0 Å². The third-order valence-corrected chi connectivity index (χ3v) is 6.63. The summed E-state index contributed by atoms with van der Waals surface area (Å²) in [4.78, 5) is 4.74. The predicted octanol–water partition coefficient (Wildman–Crippen LogP) is 6.16. The lowest BCUT2D eigenvalue weighted by Gasteiger charge is -2.21. The number of rotatable bonds is 2. The van der Waals surface area contributed by atoms with E-state index in [1.807, 2.05) is 6.20 Å². The van der Waals surface area contributed by atoms with Crippen molar-refractivity contribution in [1.82, 2.24) is 4.98 Å². The SMILES string of the molecule is Cc1c(-[n+]2c(C)ccc3ccccc32)cc(C(C)(C)C)cc1-[n+]1c(C)ncc2ccccc21. The smallest absolute Gasteiger partial charge is 0.192 e. The number of pyridine rings is 1. The van der Waals surface area contributed by atoms with Crippen molar-refractivity contribution < 1.29 is 9.13 Å². The zero-order chi connectivity index (χ0) is 23.3. The van der Waals surface area contributed by atoms with Gasteiger partial charge in [0.1, 0.15) is 11.2 Å². The summed E-state index contributed by atoms with van der Waals surface area (Å²) in [5.41, 5.74) is 8.54. The minimum atomic E-state index is 0.00270. The van der Waals surface area contributed by atoms with E-state index in [0.717, 1.165) is 11.2 Å². The van der Waals surface area contributed by atoms with Crippen LogP contribution >= 0.6 is 0 Å². The highest BCUT2D eigenvalue weighted by Gasteiger charge is 2.28. The zero-order valence-electron chi connectivity index (χ0n) is 20.3. The molecule has 0 atom stereocenters. The number of hydrogen-bond donors (Lipinski definition) is 0. The lowest BCUT2D eigenvalue weighted by molar-refractivity contribution is -0.586. The Balaban J connectivity index is 1.93. The minimum absolute atomic E-state index is 0.00270. The standard InChI is InChI=1S/C30H31N3/c1-20-15-16-23-11-7-9-13-26(23)32(20)28-17-25(30(4,5)6)18-29(21(28)2)33-22(3)31-19-24-12-8-10-14-27(24)33/h7-19H,1-6H3/q+2. The highest BCUT2D eigenvalue weighted by molar-refractivity contribution is 5.77. The molecule has 0 aliphatic carbocycles. The van der Waals surface area contributed by atoms with Crippen molar-refractivity contribution in [3.05, 3.63) is 102 Å². The number of nitrogens with zero attached hydrogens (tertiary/aromatic N) is 3. The lowest BCUT2D eigenvalue weighted by atomic mass is 9.85. The van der Waals surface area contributed by atoms with E-state index in [9.17, 15) is 0 Å². The molecule has 3 heteroatoms. The van der Waals surface area contributed by atoms with Crippen molar-refractivity contribution in [3.63, 3.8) is 0 Å². The summed E-state index contributed by atoms with van der Waals surface area (Å²) >= 11 is 0. The number of benzene rings is 3. The Morgan fingerprint density at radius 1 is 0.667 bits per heavy atom. The van der Waals surface area contributed by atoms with Gasteiger partial charge < -0.3 is 0 Å². The van der Waals surface area contributed by atoms with Crippen molar-refractivity contribution in [1.29, 1.82) is 0 Å². The summed E-state index contributed by atoms with van der Waals surface area (Å²) in [7, 11) is 0. The molecule has 2 aromatic heterocycles. The molecule has 0 saturated heterocycles. The number of para-hydroxylation sites is 2. The fourth-order valence-corrected chi connectivity index (χ4v) is 4.71. The fourth-order valence-electron chi connectivity index (χ4n) is 4.71. The van der Waals surface area contributed by atoms with Crippen LogP contribution < -0.4 is 9.13 Å². The maximum atomic E-state index is 4.74. The maximum absolute atomic E-state index is 4.74. The summed E-state index contributed by atoms with van der Waals surface area (Å²) in [5.74, 6) is 0.980. The van der Waals surface area contributed by atoms with E-state index in [1.165, 1.54) is 44.6 Å². The zero-order valence-corrected chi connectivity index (χ0v) is 20.3. The monoisotopic (exact) mass is 433 g/mol. The number of fused-ring (bicyclic) bond motifs is 2. The molecule has 5 rings (SSSR count). The van der Waals surface area contributed by atoms with Crippen LogP contribution in [0.15, 0.2) is 79.0 Å². The normalized spacial score (nSPS) is 11.9. The van der Waals surface area contributed by atoms with Gasteiger partial charge >= 0.3 is 5.82 Å². The molecule has 0 radical (unpaired) electrons. The fraction of sp³-hybridized carbons (Fsp3) is 0.233. The Morgan fingerprint density at radius 2 is 1.24 bits per heavy atom. The van der Waals surface area contributed by atoms with Crippen molar-refractivity contribution in [2.45, 2.75) is 47.0 Å². The van der Waals surface area contributed by atoms with Crippen LogP contribution in [0.1, 0.15) is 43.4 Å². The molecule has 0 N–H and O–H groups in total. The summed E-state index contributed by atoms with van der Waals surface area (Å²) in [6.07, 6.45) is 1.97. The van der Waals surface area contributed by atoms with Gasteiger partial charge in [-0.1, -0.05) is 50.0 Å². The van der Waals surface area contributed by atoms with Gasteiger partial charge in [0.2, 0.25) is 11.2 Å². The van der Waals surface area contributed by atoms with Gasteiger partial charge in [0.15, 0.2) is 11.9 Å². The average Bonchev–Trinajstić information content (AvgIpc) is 2.79. The third kappa shape index (κ3) is 3.58. The number of hydrogen-bond acceptors (Lipinski definition) is 1. The predicted molar refractivity (Wildman–Crippen MR) is 135 cm³/mol. The lowest BCUT2D eigenvalue weighted by Crippen LogP contribution is -2.41. The Bertz CT molecular complexity index is 1420. The van der Waals surface area contributed by atoms with Gasteiger partial charge in [0, 0.05) is 37.4 Å². The van der Waals surface area contributed by atoms with Gasteiger partial charge in [-0.25, -0.2) is 0 Å². The van der Waals surface area contributed by atoms with Crippen LogP contribution in [0, 0.1) is 20.8 Å². The van der Waals surface area contributed by atoms with Gasteiger partial charge in [-0.15, -0.1) is 0 Å². The van der Waals surface area contributed by atoms with E-state index in [2.05, 4.69) is 123 Å². The van der Waals surface area contributed by atoms with Crippen molar-refractivity contribution in [2.24, 2.45) is 0 Å². The molecule has 0 spiro atoms. The Labute approximate surface area is 196 Å². The van der Waals surface area contributed by atoms with Gasteiger partial charge in [0.25, 0.3) is 0 Å². The first-order chi connectivity index (χ1) is 15.8. The highest BCUT2D eigenvalue weighted by Crippen LogP contribution is 2.29. The van der Waals surface area contributed by atoms with E-state index in [4.69, 9.17) is 4.98 Å². The molecule has 0 aliphatic heterocycles.